The molecule has 0 saturated carbocycles. The van der Waals surface area contributed by atoms with Crippen molar-refractivity contribution in [3.05, 3.63) is 18.2 Å². The highest BCUT2D eigenvalue weighted by Crippen LogP contribution is 2.23. The lowest BCUT2D eigenvalue weighted by atomic mass is 10.3. The van der Waals surface area contributed by atoms with Crippen LogP contribution in [0.2, 0.25) is 0 Å². The Hall–Kier alpha value is -1.99. The molecule has 7 heteroatoms. The van der Waals surface area contributed by atoms with Gasteiger partial charge in [-0.15, -0.1) is 0 Å². The number of phenolic OH excluding ortho intramolecular Hbond substituents is 2. The van der Waals surface area contributed by atoms with Gasteiger partial charge in [-0.1, -0.05) is 0 Å². The molecule has 0 aliphatic rings. The van der Waals surface area contributed by atoms with Gasteiger partial charge in [-0.05, 0) is 0 Å². The number of aliphatic hydroxyl groups excluding tert-OH is 1. The molecular formula is C11H16N2O5. The Labute approximate surface area is 104 Å². The normalized spacial score (nSPS) is 10.1. The highest BCUT2D eigenvalue weighted by atomic mass is 16.5. The summed E-state index contributed by atoms with van der Waals surface area (Å²) in [6, 6.07) is 3.29. The number of urea groups is 1. The molecule has 0 saturated heterocycles. The third kappa shape index (κ3) is 5.37. The van der Waals surface area contributed by atoms with E-state index in [1.807, 2.05) is 0 Å². The molecule has 1 aromatic rings. The number of carbonyl (C=O) groups excluding carboxylic acids is 1. The van der Waals surface area contributed by atoms with Gasteiger partial charge in [-0.2, -0.15) is 0 Å². The summed E-state index contributed by atoms with van der Waals surface area (Å²) in [6.45, 7) is 0.744. The largest absolute Gasteiger partial charge is 0.508 e. The lowest BCUT2D eigenvalue weighted by Gasteiger charge is -2.08. The van der Waals surface area contributed by atoms with E-state index in [4.69, 9.17) is 9.84 Å². The SMILES string of the molecule is O=C(NCCOCCO)Nc1cc(O)cc(O)c1. The average Bonchev–Trinajstić information content (AvgIpc) is 2.27. The zero-order valence-corrected chi connectivity index (χ0v) is 9.72. The number of nitrogens with one attached hydrogen (secondary N) is 2. The van der Waals surface area contributed by atoms with Gasteiger partial charge in [-0.3, -0.25) is 0 Å². The first-order valence-corrected chi connectivity index (χ1v) is 5.38. The smallest absolute Gasteiger partial charge is 0.319 e. The maximum Gasteiger partial charge on any atom is 0.319 e. The summed E-state index contributed by atoms with van der Waals surface area (Å²) < 4.78 is 4.95. The van der Waals surface area contributed by atoms with Crippen molar-refractivity contribution in [2.75, 3.05) is 31.7 Å². The van der Waals surface area contributed by atoms with Crippen LogP contribution in [-0.4, -0.2) is 47.7 Å². The fourth-order valence-corrected chi connectivity index (χ4v) is 1.25. The molecular weight excluding hydrogens is 240 g/mol. The average molecular weight is 256 g/mol. The second kappa shape index (κ2) is 7.36. The lowest BCUT2D eigenvalue weighted by molar-refractivity contribution is 0.0950. The van der Waals surface area contributed by atoms with Crippen LogP contribution in [0.3, 0.4) is 0 Å². The van der Waals surface area contributed by atoms with Crippen LogP contribution >= 0.6 is 0 Å². The fourth-order valence-electron chi connectivity index (χ4n) is 1.25. The molecule has 1 aromatic carbocycles. The lowest BCUT2D eigenvalue weighted by Crippen LogP contribution is -2.31. The summed E-state index contributed by atoms with van der Waals surface area (Å²) in [5, 5.41) is 31.8. The molecule has 0 aliphatic carbocycles. The van der Waals surface area contributed by atoms with Gasteiger partial charge < -0.3 is 30.7 Å². The minimum atomic E-state index is -0.479. The van der Waals surface area contributed by atoms with Crippen LogP contribution in [0.15, 0.2) is 18.2 Å². The maximum atomic E-state index is 11.4. The van der Waals surface area contributed by atoms with Crippen molar-refractivity contribution in [1.82, 2.24) is 5.32 Å². The predicted molar refractivity (Wildman–Crippen MR) is 64.7 cm³/mol. The van der Waals surface area contributed by atoms with Gasteiger partial charge >= 0.3 is 6.03 Å². The number of rotatable bonds is 6. The Morgan fingerprint density at radius 2 is 1.83 bits per heavy atom. The van der Waals surface area contributed by atoms with E-state index >= 15 is 0 Å². The first-order chi connectivity index (χ1) is 8.61. The number of phenols is 2. The van der Waals surface area contributed by atoms with Crippen LogP contribution in [0, 0.1) is 0 Å². The highest BCUT2D eigenvalue weighted by molar-refractivity contribution is 5.89. The number of carbonyl (C=O) groups is 1. The topological polar surface area (TPSA) is 111 Å². The van der Waals surface area contributed by atoms with E-state index in [0.29, 0.717) is 6.61 Å². The molecule has 0 aliphatic heterocycles. The summed E-state index contributed by atoms with van der Waals surface area (Å²) in [5.41, 5.74) is 0.279. The molecule has 0 heterocycles. The van der Waals surface area contributed by atoms with Gasteiger partial charge in [0.25, 0.3) is 0 Å². The van der Waals surface area contributed by atoms with Crippen molar-refractivity contribution in [2.24, 2.45) is 0 Å². The first-order valence-electron chi connectivity index (χ1n) is 5.38. The number of anilines is 1. The van der Waals surface area contributed by atoms with Crippen LogP contribution in [0.4, 0.5) is 10.5 Å². The predicted octanol–water partition coefficient (Wildman–Crippen LogP) is 0.228. The highest BCUT2D eigenvalue weighted by Gasteiger charge is 2.03. The second-order valence-corrected chi connectivity index (χ2v) is 3.45. The molecule has 1 rings (SSSR count). The van der Waals surface area contributed by atoms with E-state index in [-0.39, 0.29) is 36.9 Å². The van der Waals surface area contributed by atoms with Crippen molar-refractivity contribution in [1.29, 1.82) is 0 Å². The van der Waals surface area contributed by atoms with E-state index in [1.54, 1.807) is 0 Å². The monoisotopic (exact) mass is 256 g/mol. The molecule has 0 radical (unpaired) electrons. The number of aromatic hydroxyl groups is 2. The third-order valence-electron chi connectivity index (χ3n) is 1.93. The molecule has 7 nitrogen and oxygen atoms in total. The van der Waals surface area contributed by atoms with E-state index in [0.717, 1.165) is 6.07 Å². The van der Waals surface area contributed by atoms with Gasteiger partial charge in [0.05, 0.1) is 19.8 Å². The van der Waals surface area contributed by atoms with Crippen LogP contribution in [-0.2, 0) is 4.74 Å². The van der Waals surface area contributed by atoms with E-state index in [1.165, 1.54) is 12.1 Å². The van der Waals surface area contributed by atoms with Crippen LogP contribution in [0.5, 0.6) is 11.5 Å². The number of hydrogen-bond acceptors (Lipinski definition) is 5. The number of hydrogen-bond donors (Lipinski definition) is 5. The third-order valence-corrected chi connectivity index (χ3v) is 1.93. The maximum absolute atomic E-state index is 11.4. The van der Waals surface area contributed by atoms with Crippen molar-refractivity contribution in [3.63, 3.8) is 0 Å². The molecule has 2 amide bonds. The number of ether oxygens (including phenoxy) is 1. The number of amides is 2. The molecule has 0 aromatic heterocycles. The zero-order valence-electron chi connectivity index (χ0n) is 9.72. The molecule has 0 fully saturated rings. The van der Waals surface area contributed by atoms with Crippen molar-refractivity contribution in [2.45, 2.75) is 0 Å². The Balaban J connectivity index is 2.31. The minimum Gasteiger partial charge on any atom is -0.508 e. The second-order valence-electron chi connectivity index (χ2n) is 3.45. The quantitative estimate of drug-likeness (QED) is 0.468. The Morgan fingerprint density at radius 1 is 1.17 bits per heavy atom. The van der Waals surface area contributed by atoms with Gasteiger partial charge in [0.15, 0.2) is 0 Å². The van der Waals surface area contributed by atoms with E-state index in [2.05, 4.69) is 10.6 Å². The Kier molecular flexibility index (Phi) is 5.75. The van der Waals surface area contributed by atoms with Crippen LogP contribution in [0.25, 0.3) is 0 Å². The van der Waals surface area contributed by atoms with Crippen molar-refractivity contribution in [3.8, 4) is 11.5 Å². The zero-order chi connectivity index (χ0) is 13.4. The first kappa shape index (κ1) is 14.1. The van der Waals surface area contributed by atoms with Crippen LogP contribution < -0.4 is 10.6 Å². The van der Waals surface area contributed by atoms with Crippen molar-refractivity contribution >= 4 is 11.7 Å². The molecule has 0 spiro atoms. The molecule has 0 atom stereocenters. The van der Waals surface area contributed by atoms with Crippen LogP contribution in [0.1, 0.15) is 0 Å². The molecule has 5 N–H and O–H groups in total. The molecule has 100 valence electrons. The van der Waals surface area contributed by atoms with Crippen molar-refractivity contribution < 1.29 is 24.9 Å². The minimum absolute atomic E-state index is 0.0607. The fraction of sp³-hybridized carbons (Fsp3) is 0.364. The van der Waals surface area contributed by atoms with E-state index in [9.17, 15) is 15.0 Å². The summed E-state index contributed by atoms with van der Waals surface area (Å²) >= 11 is 0. The number of benzene rings is 1. The summed E-state index contributed by atoms with van der Waals surface area (Å²) in [5.74, 6) is -0.284. The summed E-state index contributed by atoms with van der Waals surface area (Å²) in [7, 11) is 0. The molecule has 18 heavy (non-hydrogen) atoms. The Bertz CT molecular complexity index is 377. The summed E-state index contributed by atoms with van der Waals surface area (Å²) in [4.78, 5) is 11.4. The van der Waals surface area contributed by atoms with Gasteiger partial charge in [0.1, 0.15) is 11.5 Å². The molecule has 0 bridgehead atoms. The van der Waals surface area contributed by atoms with Gasteiger partial charge in [-0.25, -0.2) is 4.79 Å². The van der Waals surface area contributed by atoms with Gasteiger partial charge in [0.2, 0.25) is 0 Å². The van der Waals surface area contributed by atoms with Gasteiger partial charge in [0, 0.05) is 30.4 Å². The van der Waals surface area contributed by atoms with E-state index < -0.39 is 6.03 Å². The summed E-state index contributed by atoms with van der Waals surface area (Å²) in [6.07, 6.45) is 0. The Morgan fingerprint density at radius 3 is 2.44 bits per heavy atom. The standard InChI is InChI=1S/C11H16N2O5/c14-2-4-18-3-1-12-11(17)13-8-5-9(15)7-10(16)6-8/h5-7,14-16H,1-4H2,(H2,12,13,17). The molecule has 0 unspecified atom stereocenters. The number of aliphatic hydroxyl groups is 1.